The van der Waals surface area contributed by atoms with Crippen molar-refractivity contribution in [2.75, 3.05) is 20.2 Å². The van der Waals surface area contributed by atoms with Crippen LogP contribution in [0.5, 0.6) is 5.75 Å². The van der Waals surface area contributed by atoms with Crippen molar-refractivity contribution in [1.82, 2.24) is 10.2 Å². The van der Waals surface area contributed by atoms with Crippen molar-refractivity contribution in [3.63, 3.8) is 0 Å². The van der Waals surface area contributed by atoms with Crippen LogP contribution in [-0.4, -0.2) is 49.1 Å². The number of benzene rings is 1. The molecule has 1 saturated heterocycles. The Kier molecular flexibility index (Phi) is 5.12. The number of likely N-dealkylation sites (tertiary alicyclic amines) is 1. The van der Waals surface area contributed by atoms with Crippen molar-refractivity contribution < 1.29 is 27.5 Å². The molecule has 23 heavy (non-hydrogen) atoms. The molecule has 0 atom stereocenters. The van der Waals surface area contributed by atoms with Crippen LogP contribution in [0.25, 0.3) is 0 Å². The maximum atomic E-state index is 12.4. The lowest BCUT2D eigenvalue weighted by molar-refractivity contribution is -0.186. The fraction of sp³-hybridized carbons (Fsp3) is 0.467. The molecule has 0 aliphatic carbocycles. The van der Waals surface area contributed by atoms with E-state index in [2.05, 4.69) is 5.32 Å². The van der Waals surface area contributed by atoms with E-state index in [-0.39, 0.29) is 37.9 Å². The van der Waals surface area contributed by atoms with Gasteiger partial charge >= 0.3 is 12.1 Å². The summed E-state index contributed by atoms with van der Waals surface area (Å²) in [5.41, 5.74) is 0.415. The number of hydrogen-bond donors (Lipinski definition) is 1. The van der Waals surface area contributed by atoms with E-state index in [0.29, 0.717) is 11.3 Å². The van der Waals surface area contributed by atoms with Gasteiger partial charge in [-0.05, 0) is 31.0 Å². The number of carbonyl (C=O) groups is 2. The summed E-state index contributed by atoms with van der Waals surface area (Å²) >= 11 is 0. The summed E-state index contributed by atoms with van der Waals surface area (Å²) in [7, 11) is 1.49. The minimum atomic E-state index is -4.85. The summed E-state index contributed by atoms with van der Waals surface area (Å²) in [5.74, 6) is -1.59. The summed E-state index contributed by atoms with van der Waals surface area (Å²) in [6, 6.07) is 6.33. The maximum Gasteiger partial charge on any atom is 0.471 e. The van der Waals surface area contributed by atoms with Gasteiger partial charge in [-0.2, -0.15) is 13.2 Å². The number of methoxy groups -OCH3 is 1. The monoisotopic (exact) mass is 330 g/mol. The molecule has 1 N–H and O–H groups in total. The third-order valence-electron chi connectivity index (χ3n) is 3.69. The van der Waals surface area contributed by atoms with Crippen LogP contribution in [0.3, 0.4) is 0 Å². The van der Waals surface area contributed by atoms with E-state index in [0.717, 1.165) is 4.90 Å². The predicted molar refractivity (Wildman–Crippen MR) is 76.1 cm³/mol. The lowest BCUT2D eigenvalue weighted by atomic mass is 10.0. The van der Waals surface area contributed by atoms with E-state index < -0.39 is 12.1 Å². The normalized spacial score (nSPS) is 16.1. The van der Waals surface area contributed by atoms with Crippen molar-refractivity contribution >= 4 is 11.8 Å². The molecule has 5 nitrogen and oxygen atoms in total. The fourth-order valence-corrected chi connectivity index (χ4v) is 2.44. The molecule has 1 fully saturated rings. The van der Waals surface area contributed by atoms with Crippen LogP contribution < -0.4 is 10.1 Å². The highest BCUT2D eigenvalue weighted by molar-refractivity contribution is 5.94. The molecular weight excluding hydrogens is 313 g/mol. The number of carbonyl (C=O) groups excluding carboxylic acids is 2. The zero-order valence-electron chi connectivity index (χ0n) is 12.5. The first-order valence-corrected chi connectivity index (χ1v) is 7.12. The van der Waals surface area contributed by atoms with Gasteiger partial charge in [-0.25, -0.2) is 0 Å². The molecule has 0 spiro atoms. The molecule has 2 amide bonds. The Hall–Kier alpha value is -2.25. The zero-order valence-corrected chi connectivity index (χ0v) is 12.5. The largest absolute Gasteiger partial charge is 0.497 e. The SMILES string of the molecule is COc1cccc(C(=O)NC2CCN(C(=O)C(F)(F)F)CC2)c1. The molecule has 0 aromatic heterocycles. The van der Waals surface area contributed by atoms with Gasteiger partial charge < -0.3 is 15.0 Å². The van der Waals surface area contributed by atoms with Crippen molar-refractivity contribution in [3.05, 3.63) is 29.8 Å². The number of hydrogen-bond acceptors (Lipinski definition) is 3. The number of halogens is 3. The molecule has 8 heteroatoms. The number of rotatable bonds is 3. The van der Waals surface area contributed by atoms with Gasteiger partial charge in [-0.3, -0.25) is 9.59 Å². The first kappa shape index (κ1) is 17.1. The molecule has 1 aromatic rings. The zero-order chi connectivity index (χ0) is 17.0. The Labute approximate surface area is 131 Å². The molecule has 0 unspecified atom stereocenters. The lowest BCUT2D eigenvalue weighted by Crippen LogP contribution is -2.50. The van der Waals surface area contributed by atoms with Gasteiger partial charge in [0.1, 0.15) is 5.75 Å². The second kappa shape index (κ2) is 6.89. The minimum Gasteiger partial charge on any atom is -0.497 e. The molecule has 0 bridgehead atoms. The van der Waals surface area contributed by atoms with E-state index in [9.17, 15) is 22.8 Å². The van der Waals surface area contributed by atoms with Crippen LogP contribution in [0.2, 0.25) is 0 Å². The van der Waals surface area contributed by atoms with Gasteiger partial charge in [-0.1, -0.05) is 6.07 Å². The van der Waals surface area contributed by atoms with E-state index >= 15 is 0 Å². The smallest absolute Gasteiger partial charge is 0.471 e. The van der Waals surface area contributed by atoms with Crippen LogP contribution in [0.1, 0.15) is 23.2 Å². The van der Waals surface area contributed by atoms with Crippen LogP contribution in [-0.2, 0) is 4.79 Å². The summed E-state index contributed by atoms with van der Waals surface area (Å²) in [6.07, 6.45) is -4.27. The Morgan fingerprint density at radius 1 is 1.26 bits per heavy atom. The maximum absolute atomic E-state index is 12.4. The lowest BCUT2D eigenvalue weighted by Gasteiger charge is -2.32. The van der Waals surface area contributed by atoms with Gasteiger partial charge in [0.25, 0.3) is 5.91 Å². The van der Waals surface area contributed by atoms with E-state index in [1.807, 2.05) is 0 Å². The molecule has 0 radical (unpaired) electrons. The first-order valence-electron chi connectivity index (χ1n) is 7.12. The number of alkyl halides is 3. The summed E-state index contributed by atoms with van der Waals surface area (Å²) in [6.45, 7) is -0.0528. The number of amides is 2. The number of nitrogens with one attached hydrogen (secondary N) is 1. The Bertz CT molecular complexity index is 582. The molecule has 1 aliphatic heterocycles. The van der Waals surface area contributed by atoms with E-state index in [1.165, 1.54) is 7.11 Å². The van der Waals surface area contributed by atoms with Crippen LogP contribution in [0, 0.1) is 0 Å². The van der Waals surface area contributed by atoms with Crippen molar-refractivity contribution in [2.45, 2.75) is 25.1 Å². The summed E-state index contributed by atoms with van der Waals surface area (Å²) < 4.78 is 42.1. The number of piperidine rings is 1. The standard InChI is InChI=1S/C15H17F3N2O3/c1-23-12-4-2-3-10(9-12)13(21)19-11-5-7-20(8-6-11)14(22)15(16,17)18/h2-4,9,11H,5-8H2,1H3,(H,19,21). The molecule has 126 valence electrons. The summed E-state index contributed by atoms with van der Waals surface area (Å²) in [4.78, 5) is 24.0. The van der Waals surface area contributed by atoms with Crippen LogP contribution >= 0.6 is 0 Å². The number of ether oxygens (including phenoxy) is 1. The third-order valence-corrected chi connectivity index (χ3v) is 3.69. The van der Waals surface area contributed by atoms with Gasteiger partial charge in [-0.15, -0.1) is 0 Å². The molecule has 1 heterocycles. The number of nitrogens with zero attached hydrogens (tertiary/aromatic N) is 1. The molecule has 0 saturated carbocycles. The molecule has 1 aromatic carbocycles. The van der Waals surface area contributed by atoms with Crippen LogP contribution in [0.4, 0.5) is 13.2 Å². The van der Waals surface area contributed by atoms with Gasteiger partial charge in [0.2, 0.25) is 0 Å². The molecule has 2 rings (SSSR count). The third kappa shape index (κ3) is 4.37. The average Bonchev–Trinajstić information content (AvgIpc) is 2.54. The van der Waals surface area contributed by atoms with Crippen LogP contribution in [0.15, 0.2) is 24.3 Å². The van der Waals surface area contributed by atoms with Crippen molar-refractivity contribution in [2.24, 2.45) is 0 Å². The second-order valence-electron chi connectivity index (χ2n) is 5.27. The minimum absolute atomic E-state index is 0.0264. The van der Waals surface area contributed by atoms with Gasteiger partial charge in [0.15, 0.2) is 0 Å². The van der Waals surface area contributed by atoms with E-state index in [4.69, 9.17) is 4.74 Å². The highest BCUT2D eigenvalue weighted by Gasteiger charge is 2.43. The Morgan fingerprint density at radius 3 is 2.48 bits per heavy atom. The summed E-state index contributed by atoms with van der Waals surface area (Å²) in [5, 5.41) is 2.77. The highest BCUT2D eigenvalue weighted by atomic mass is 19.4. The van der Waals surface area contributed by atoms with Crippen molar-refractivity contribution in [1.29, 1.82) is 0 Å². The topological polar surface area (TPSA) is 58.6 Å². The quantitative estimate of drug-likeness (QED) is 0.922. The fourth-order valence-electron chi connectivity index (χ4n) is 2.44. The second-order valence-corrected chi connectivity index (χ2v) is 5.27. The molecule has 1 aliphatic rings. The predicted octanol–water partition coefficient (Wildman–Crippen LogP) is 1.98. The molecular formula is C15H17F3N2O3. The first-order chi connectivity index (χ1) is 10.8. The van der Waals surface area contributed by atoms with Gasteiger partial charge in [0.05, 0.1) is 7.11 Å². The van der Waals surface area contributed by atoms with Gasteiger partial charge in [0, 0.05) is 24.7 Å². The Balaban J connectivity index is 1.89. The van der Waals surface area contributed by atoms with Crippen molar-refractivity contribution in [3.8, 4) is 5.75 Å². The average molecular weight is 330 g/mol. The highest BCUT2D eigenvalue weighted by Crippen LogP contribution is 2.22. The van der Waals surface area contributed by atoms with E-state index in [1.54, 1.807) is 24.3 Å². The Morgan fingerprint density at radius 2 is 1.91 bits per heavy atom.